The monoisotopic (exact) mass is 212 g/mol. The van der Waals surface area contributed by atoms with Gasteiger partial charge in [-0.25, -0.2) is 0 Å². The second-order valence-corrected chi connectivity index (χ2v) is 3.88. The largest absolute Gasteiger partial charge is 0.316 e. The molecule has 1 saturated heterocycles. The van der Waals surface area contributed by atoms with Gasteiger partial charge >= 0.3 is 0 Å². The van der Waals surface area contributed by atoms with Gasteiger partial charge in [0.2, 0.25) is 0 Å². The predicted molar refractivity (Wildman–Crippen MR) is 53.7 cm³/mol. The lowest BCUT2D eigenvalue weighted by molar-refractivity contribution is -0.0762. The van der Waals surface area contributed by atoms with Gasteiger partial charge in [0.15, 0.2) is 0 Å². The lowest BCUT2D eigenvalue weighted by atomic mass is 9.91. The maximum absolute atomic E-state index is 13.9. The first kappa shape index (κ1) is 10.5. The maximum Gasteiger partial charge on any atom is 0.293 e. The van der Waals surface area contributed by atoms with Crippen LogP contribution in [0.1, 0.15) is 18.5 Å². The molecule has 0 radical (unpaired) electrons. The van der Waals surface area contributed by atoms with Crippen LogP contribution in [0, 0.1) is 5.92 Å². The highest BCUT2D eigenvalue weighted by atomic mass is 19.3. The van der Waals surface area contributed by atoms with Crippen molar-refractivity contribution in [3.8, 4) is 0 Å². The van der Waals surface area contributed by atoms with Crippen LogP contribution in [-0.4, -0.2) is 18.1 Å². The van der Waals surface area contributed by atoms with Gasteiger partial charge in [0.05, 0.1) is 0 Å². The lowest BCUT2D eigenvalue weighted by Gasteiger charge is -2.29. The summed E-state index contributed by atoms with van der Waals surface area (Å²) < 4.78 is 27.9. The fourth-order valence-corrected chi connectivity index (χ4v) is 1.93. The highest BCUT2D eigenvalue weighted by Gasteiger charge is 2.42. The van der Waals surface area contributed by atoms with Crippen molar-refractivity contribution in [2.24, 2.45) is 5.92 Å². The van der Waals surface area contributed by atoms with E-state index in [2.05, 4.69) is 10.3 Å². The molecular formula is C11H14F2N2. The van der Waals surface area contributed by atoms with E-state index in [1.165, 1.54) is 12.3 Å². The Morgan fingerprint density at radius 2 is 2.27 bits per heavy atom. The third kappa shape index (κ3) is 2.15. The Morgan fingerprint density at radius 1 is 1.40 bits per heavy atom. The van der Waals surface area contributed by atoms with E-state index in [9.17, 15) is 8.78 Å². The van der Waals surface area contributed by atoms with Gasteiger partial charge in [-0.3, -0.25) is 4.98 Å². The van der Waals surface area contributed by atoms with E-state index in [4.69, 9.17) is 0 Å². The van der Waals surface area contributed by atoms with Crippen LogP contribution in [0.2, 0.25) is 0 Å². The van der Waals surface area contributed by atoms with E-state index in [0.717, 1.165) is 13.0 Å². The van der Waals surface area contributed by atoms with E-state index >= 15 is 0 Å². The summed E-state index contributed by atoms with van der Waals surface area (Å²) in [6.07, 6.45) is 2.79. The fourth-order valence-electron chi connectivity index (χ4n) is 1.93. The van der Waals surface area contributed by atoms with Gasteiger partial charge in [-0.15, -0.1) is 0 Å². The summed E-state index contributed by atoms with van der Waals surface area (Å²) in [6.45, 7) is 1.22. The summed E-state index contributed by atoms with van der Waals surface area (Å²) in [5, 5.41) is 3.00. The normalized spacial score (nSPS) is 22.7. The summed E-state index contributed by atoms with van der Waals surface area (Å²) in [4.78, 5) is 3.75. The molecule has 0 aliphatic carbocycles. The number of nitrogens with zero attached hydrogens (tertiary/aromatic N) is 1. The zero-order valence-corrected chi connectivity index (χ0v) is 8.42. The molecule has 1 aliphatic heterocycles. The summed E-state index contributed by atoms with van der Waals surface area (Å²) in [5.74, 6) is -3.43. The number of hydrogen-bond donors (Lipinski definition) is 1. The van der Waals surface area contributed by atoms with Gasteiger partial charge < -0.3 is 5.32 Å². The van der Waals surface area contributed by atoms with Gasteiger partial charge in [0.1, 0.15) is 5.69 Å². The van der Waals surface area contributed by atoms with E-state index in [1.54, 1.807) is 12.1 Å². The summed E-state index contributed by atoms with van der Waals surface area (Å²) in [6, 6.07) is 4.65. The van der Waals surface area contributed by atoms with Gasteiger partial charge in [0.25, 0.3) is 5.92 Å². The number of halogens is 2. The van der Waals surface area contributed by atoms with E-state index in [-0.39, 0.29) is 5.69 Å². The standard InChI is InChI=1S/C11H14F2N2/c12-11(13,9-4-3-6-14-8-9)10-5-1-2-7-15-10/h1-2,5,7,9,14H,3-4,6,8H2. The zero-order chi connectivity index (χ0) is 10.7. The quantitative estimate of drug-likeness (QED) is 0.812. The molecule has 4 heteroatoms. The molecule has 0 bridgehead atoms. The maximum atomic E-state index is 13.9. The van der Waals surface area contributed by atoms with Crippen molar-refractivity contribution in [3.05, 3.63) is 30.1 Å². The van der Waals surface area contributed by atoms with Crippen LogP contribution in [0.4, 0.5) is 8.78 Å². The average Bonchev–Trinajstić information content (AvgIpc) is 2.31. The molecule has 0 saturated carbocycles. The molecule has 15 heavy (non-hydrogen) atoms. The predicted octanol–water partition coefficient (Wildman–Crippen LogP) is 2.17. The Morgan fingerprint density at radius 3 is 2.87 bits per heavy atom. The SMILES string of the molecule is FC(F)(c1ccccn1)C1CCCNC1. The molecule has 1 aliphatic rings. The van der Waals surface area contributed by atoms with E-state index < -0.39 is 11.8 Å². The van der Waals surface area contributed by atoms with Crippen LogP contribution in [0.5, 0.6) is 0 Å². The molecule has 0 amide bonds. The highest BCUT2D eigenvalue weighted by Crippen LogP contribution is 2.37. The van der Waals surface area contributed by atoms with Crippen LogP contribution in [0.15, 0.2) is 24.4 Å². The molecule has 82 valence electrons. The minimum Gasteiger partial charge on any atom is -0.316 e. The van der Waals surface area contributed by atoms with Crippen LogP contribution in [0.3, 0.4) is 0 Å². The van der Waals surface area contributed by atoms with Crippen molar-refractivity contribution < 1.29 is 8.78 Å². The first-order chi connectivity index (χ1) is 7.21. The number of nitrogens with one attached hydrogen (secondary N) is 1. The average molecular weight is 212 g/mol. The zero-order valence-electron chi connectivity index (χ0n) is 8.42. The highest BCUT2D eigenvalue weighted by molar-refractivity contribution is 5.11. The molecule has 1 N–H and O–H groups in total. The lowest BCUT2D eigenvalue weighted by Crippen LogP contribution is -2.39. The van der Waals surface area contributed by atoms with Crippen molar-refractivity contribution in [3.63, 3.8) is 0 Å². The molecule has 0 aromatic carbocycles. The van der Waals surface area contributed by atoms with Crippen molar-refractivity contribution >= 4 is 0 Å². The smallest absolute Gasteiger partial charge is 0.293 e. The van der Waals surface area contributed by atoms with Crippen LogP contribution in [-0.2, 0) is 5.92 Å². The Bertz CT molecular complexity index is 308. The molecule has 1 unspecified atom stereocenters. The summed E-state index contributed by atoms with van der Waals surface area (Å²) in [7, 11) is 0. The number of pyridine rings is 1. The third-order valence-electron chi connectivity index (χ3n) is 2.82. The first-order valence-electron chi connectivity index (χ1n) is 5.21. The van der Waals surface area contributed by atoms with Gasteiger partial charge in [-0.1, -0.05) is 6.07 Å². The minimum absolute atomic E-state index is 0.112. The second-order valence-electron chi connectivity index (χ2n) is 3.88. The molecule has 2 rings (SSSR count). The van der Waals surface area contributed by atoms with Gasteiger partial charge in [0, 0.05) is 18.7 Å². The molecule has 2 nitrogen and oxygen atoms in total. The first-order valence-corrected chi connectivity index (χ1v) is 5.21. The minimum atomic E-state index is -2.81. The number of piperidine rings is 1. The number of aromatic nitrogens is 1. The van der Waals surface area contributed by atoms with Crippen molar-refractivity contribution in [2.45, 2.75) is 18.8 Å². The topological polar surface area (TPSA) is 24.9 Å². The molecular weight excluding hydrogens is 198 g/mol. The Kier molecular flexibility index (Phi) is 2.95. The Labute approximate surface area is 87.7 Å². The van der Waals surface area contributed by atoms with Crippen molar-refractivity contribution in [1.29, 1.82) is 0 Å². The molecule has 2 heterocycles. The van der Waals surface area contributed by atoms with Gasteiger partial charge in [-0.05, 0) is 31.5 Å². The van der Waals surface area contributed by atoms with Crippen LogP contribution in [0.25, 0.3) is 0 Å². The fraction of sp³-hybridized carbons (Fsp3) is 0.545. The number of alkyl halides is 2. The van der Waals surface area contributed by atoms with Crippen molar-refractivity contribution in [2.75, 3.05) is 13.1 Å². The number of hydrogen-bond acceptors (Lipinski definition) is 2. The second kappa shape index (κ2) is 4.23. The Balaban J connectivity index is 2.18. The van der Waals surface area contributed by atoms with Crippen LogP contribution >= 0.6 is 0 Å². The number of rotatable bonds is 2. The summed E-state index contributed by atoms with van der Waals surface area (Å²) >= 11 is 0. The van der Waals surface area contributed by atoms with E-state index in [1.807, 2.05) is 0 Å². The third-order valence-corrected chi connectivity index (χ3v) is 2.82. The molecule has 1 aromatic heterocycles. The molecule has 1 aromatic rings. The molecule has 1 atom stereocenters. The Hall–Kier alpha value is -1.03. The van der Waals surface area contributed by atoms with Gasteiger partial charge in [-0.2, -0.15) is 8.78 Å². The van der Waals surface area contributed by atoms with Crippen LogP contribution < -0.4 is 5.32 Å². The summed E-state index contributed by atoms with van der Waals surface area (Å²) in [5.41, 5.74) is -0.112. The molecule has 0 spiro atoms. The van der Waals surface area contributed by atoms with Crippen molar-refractivity contribution in [1.82, 2.24) is 10.3 Å². The molecule has 1 fully saturated rings. The van der Waals surface area contributed by atoms with E-state index in [0.29, 0.717) is 13.0 Å².